The molecule has 0 spiro atoms. The molecule has 1 saturated heterocycles. The number of aromatic amines is 1. The number of benzene rings is 2. The fraction of sp³-hybridized carbons (Fsp3) is 0.370. The molecule has 7 N–H and O–H groups in total. The summed E-state index contributed by atoms with van der Waals surface area (Å²) in [5, 5.41) is 44.9. The van der Waals surface area contributed by atoms with E-state index >= 15 is 0 Å². The number of hydrogen-bond donors (Lipinski definition) is 7. The fourth-order valence-corrected chi connectivity index (χ4v) is 5.45. The highest BCUT2D eigenvalue weighted by Crippen LogP contribution is 2.46. The molecule has 2 heterocycles. The summed E-state index contributed by atoms with van der Waals surface area (Å²) >= 11 is 0. The van der Waals surface area contributed by atoms with Crippen molar-refractivity contribution in [3.63, 3.8) is 0 Å². The molecule has 18 heteroatoms. The maximum atomic E-state index is 13.2. The van der Waals surface area contributed by atoms with Crippen molar-refractivity contribution in [2.24, 2.45) is 0 Å². The zero-order valence-corrected chi connectivity index (χ0v) is 24.7. The fourth-order valence-electron chi connectivity index (χ4n) is 4.99. The number of nitrogens with one attached hydrogen (secondary N) is 1. The van der Waals surface area contributed by atoms with E-state index in [2.05, 4.69) is 0 Å². The highest BCUT2D eigenvalue weighted by molar-refractivity contribution is 7.46. The predicted octanol–water partition coefficient (Wildman–Crippen LogP) is -0.550. The van der Waals surface area contributed by atoms with E-state index in [1.807, 2.05) is 4.98 Å². The summed E-state index contributed by atoms with van der Waals surface area (Å²) < 4.78 is 34.5. The zero-order chi connectivity index (χ0) is 33.2. The molecule has 0 aliphatic carbocycles. The number of phosphoric acid groups is 1. The van der Waals surface area contributed by atoms with Crippen molar-refractivity contribution >= 4 is 19.5 Å². The van der Waals surface area contributed by atoms with Crippen LogP contribution >= 0.6 is 7.82 Å². The van der Waals surface area contributed by atoms with E-state index in [9.17, 15) is 49.2 Å². The van der Waals surface area contributed by atoms with E-state index in [0.29, 0.717) is 10.5 Å². The van der Waals surface area contributed by atoms with Gasteiger partial charge in [-0.15, -0.1) is 0 Å². The number of aromatic nitrogens is 2. The van der Waals surface area contributed by atoms with Gasteiger partial charge in [0.05, 0.1) is 6.61 Å². The molecule has 0 bridgehead atoms. The molecule has 0 radical (unpaired) electrons. The third-order valence-corrected chi connectivity index (χ3v) is 7.63. The molecule has 2 aromatic carbocycles. The molecule has 1 aliphatic rings. The first-order valence-electron chi connectivity index (χ1n) is 13.2. The molecule has 2 unspecified atom stereocenters. The number of ether oxygens (including phenoxy) is 3. The van der Waals surface area contributed by atoms with Crippen molar-refractivity contribution in [2.45, 2.75) is 55.8 Å². The number of carbonyl (C=O) groups is 1. The van der Waals surface area contributed by atoms with Crippen LogP contribution in [-0.4, -0.2) is 88.9 Å². The minimum atomic E-state index is -5.54. The molecular formula is C27H32N3O14P. The third-order valence-electron chi connectivity index (χ3n) is 7.16. The van der Waals surface area contributed by atoms with E-state index in [1.54, 1.807) is 36.4 Å². The van der Waals surface area contributed by atoms with Crippen molar-refractivity contribution in [2.75, 3.05) is 12.0 Å². The van der Waals surface area contributed by atoms with Crippen LogP contribution in [0.1, 0.15) is 18.7 Å². The Bertz CT molecular complexity index is 1630. The molecule has 17 nitrogen and oxygen atoms in total. The van der Waals surface area contributed by atoms with Crippen LogP contribution in [-0.2, 0) is 34.7 Å². The monoisotopic (exact) mass is 653 g/mol. The minimum Gasteiger partial charge on any atom is -0.478 e. The number of carboxylic acid groups (broad SMARTS) is 1. The van der Waals surface area contributed by atoms with E-state index in [-0.39, 0.29) is 5.69 Å². The second-order valence-corrected chi connectivity index (χ2v) is 11.4. The Morgan fingerprint density at radius 1 is 1.13 bits per heavy atom. The first-order chi connectivity index (χ1) is 21.1. The maximum Gasteiger partial charge on any atom is 0.472 e. The molecule has 45 heavy (non-hydrogen) atoms. The first kappa shape index (κ1) is 34.1. The number of phosphoric ester groups is 1. The average molecular weight is 654 g/mol. The number of anilines is 1. The Morgan fingerprint density at radius 3 is 2.27 bits per heavy atom. The molecule has 244 valence electrons. The highest BCUT2D eigenvalue weighted by Gasteiger charge is 2.63. The quantitative estimate of drug-likeness (QED) is 0.0903. The van der Waals surface area contributed by atoms with Crippen LogP contribution < -0.4 is 16.1 Å². The maximum absolute atomic E-state index is 13.2. The number of aliphatic carboxylic acids is 1. The lowest BCUT2D eigenvalue weighted by Gasteiger charge is -2.47. The highest BCUT2D eigenvalue weighted by atomic mass is 31.2. The Labute approximate surface area is 254 Å². The molecule has 3 aromatic rings. The summed E-state index contributed by atoms with van der Waals surface area (Å²) in [6.45, 7) is 0.625. The zero-order valence-electron chi connectivity index (χ0n) is 23.8. The first-order valence-corrected chi connectivity index (χ1v) is 14.7. The lowest BCUT2D eigenvalue weighted by molar-refractivity contribution is -0.239. The Hall–Kier alpha value is -3.74. The van der Waals surface area contributed by atoms with Gasteiger partial charge in [0, 0.05) is 25.1 Å². The van der Waals surface area contributed by atoms with E-state index in [4.69, 9.17) is 18.7 Å². The molecule has 1 fully saturated rings. The topological polar surface area (TPSA) is 251 Å². The normalized spacial score (nSPS) is 24.5. The van der Waals surface area contributed by atoms with Gasteiger partial charge in [-0.2, -0.15) is 0 Å². The number of rotatable bonds is 13. The van der Waals surface area contributed by atoms with Gasteiger partial charge >= 0.3 is 19.5 Å². The summed E-state index contributed by atoms with van der Waals surface area (Å²) in [6.07, 6.45) is -9.54. The number of nitrogens with zero attached hydrogens (tertiary/aromatic N) is 2. The lowest BCUT2D eigenvalue weighted by atomic mass is 9.94. The van der Waals surface area contributed by atoms with Crippen LogP contribution in [0, 0.1) is 0 Å². The number of H-pyrrole nitrogens is 1. The summed E-state index contributed by atoms with van der Waals surface area (Å²) in [4.78, 5) is 59.4. The Kier molecular flexibility index (Phi) is 10.1. The molecular weight excluding hydrogens is 621 g/mol. The van der Waals surface area contributed by atoms with Crippen molar-refractivity contribution < 1.29 is 58.3 Å². The third kappa shape index (κ3) is 6.92. The molecule has 0 amide bonds. The summed E-state index contributed by atoms with van der Waals surface area (Å²) in [5.41, 5.74) is -6.97. The van der Waals surface area contributed by atoms with Crippen LogP contribution in [0.4, 0.5) is 5.69 Å². The molecule has 0 saturated carbocycles. The van der Waals surface area contributed by atoms with E-state index in [0.717, 1.165) is 30.9 Å². The largest absolute Gasteiger partial charge is 0.478 e. The average Bonchev–Trinajstić information content (AvgIpc) is 3.22. The van der Waals surface area contributed by atoms with E-state index < -0.39 is 73.9 Å². The summed E-state index contributed by atoms with van der Waals surface area (Å²) in [6, 6.07) is 16.1. The van der Waals surface area contributed by atoms with E-state index in [1.165, 1.54) is 24.3 Å². The second-order valence-electron chi connectivity index (χ2n) is 10.2. The van der Waals surface area contributed by atoms with Crippen LogP contribution in [0.25, 0.3) is 0 Å². The van der Waals surface area contributed by atoms with Gasteiger partial charge in [0.15, 0.2) is 12.5 Å². The second kappa shape index (κ2) is 13.3. The minimum absolute atomic E-state index is 0.156. The molecule has 1 aromatic heterocycles. The van der Waals surface area contributed by atoms with Gasteiger partial charge in [-0.3, -0.25) is 18.9 Å². The molecule has 7 atom stereocenters. The van der Waals surface area contributed by atoms with Crippen molar-refractivity contribution in [1.29, 1.82) is 0 Å². The SMILES string of the molecule is CO[C@@](C(=O)O)(C(OCc1ccccc1)OP(=O)(O)O)N(c1ccccc1)C(O)[C@H]1O[C@@H](n2ccc(=O)[nH]c2=O)[C@](C)(O)[C@@H]1O. The van der Waals surface area contributed by atoms with Gasteiger partial charge in [-0.05, 0) is 24.6 Å². The van der Waals surface area contributed by atoms with Gasteiger partial charge < -0.3 is 49.3 Å². The number of aliphatic hydroxyl groups is 3. The van der Waals surface area contributed by atoms with Crippen LogP contribution in [0.15, 0.2) is 82.5 Å². The molecule has 1 aliphatic heterocycles. The number of methoxy groups -OCH3 is 1. The van der Waals surface area contributed by atoms with Gasteiger partial charge in [0.2, 0.25) is 6.29 Å². The number of hydrogen-bond acceptors (Lipinski definition) is 12. The Balaban J connectivity index is 1.86. The van der Waals surface area contributed by atoms with Crippen LogP contribution in [0.2, 0.25) is 0 Å². The summed E-state index contributed by atoms with van der Waals surface area (Å²) in [5.74, 6) is -1.97. The standard InChI is InChI=1S/C27H32N3O14P/c1-26(37)20(32)19(43-22(26)29-14-13-18(31)28-25(29)36)21(33)30(17-11-7-4-8-12-17)27(41-2,23(34)35)24(44-45(38,39)40)42-15-16-9-5-3-6-10-16/h3-14,19-22,24,32-33,37H,15H2,1-2H3,(H,34,35)(H,28,31,36)(H2,38,39,40)/t19-,20+,21?,22+,24?,26+,27-/m0/s1. The molecule has 4 rings (SSSR count). The van der Waals surface area contributed by atoms with Crippen LogP contribution in [0.5, 0.6) is 0 Å². The van der Waals surface area contributed by atoms with Gasteiger partial charge in [-0.1, -0.05) is 48.5 Å². The van der Waals surface area contributed by atoms with Crippen molar-refractivity contribution in [3.8, 4) is 0 Å². The van der Waals surface area contributed by atoms with Gasteiger partial charge in [0.1, 0.15) is 17.8 Å². The number of carboxylic acids is 1. The number of aliphatic hydroxyl groups excluding tert-OH is 2. The van der Waals surface area contributed by atoms with Crippen molar-refractivity contribution in [1.82, 2.24) is 9.55 Å². The number of para-hydroxylation sites is 1. The summed E-state index contributed by atoms with van der Waals surface area (Å²) in [7, 11) is -4.69. The van der Waals surface area contributed by atoms with Gasteiger partial charge in [0.25, 0.3) is 11.3 Å². The lowest BCUT2D eigenvalue weighted by Crippen LogP contribution is -2.70. The van der Waals surface area contributed by atoms with Gasteiger partial charge in [-0.25, -0.2) is 14.2 Å². The van der Waals surface area contributed by atoms with Crippen LogP contribution in [0.3, 0.4) is 0 Å². The Morgan fingerprint density at radius 2 is 1.73 bits per heavy atom. The smallest absolute Gasteiger partial charge is 0.472 e. The predicted molar refractivity (Wildman–Crippen MR) is 152 cm³/mol. The van der Waals surface area contributed by atoms with Crippen molar-refractivity contribution in [3.05, 3.63) is 99.3 Å².